The molecule has 4 atom stereocenters. The summed E-state index contributed by atoms with van der Waals surface area (Å²) in [5.74, 6) is 1.12. The molecule has 4 N–H and O–H groups in total. The highest BCUT2D eigenvalue weighted by Gasteiger charge is 2.49. The first-order valence-electron chi connectivity index (χ1n) is 9.99. The third kappa shape index (κ3) is 3.60. The number of aromatic nitrogens is 1. The first kappa shape index (κ1) is 20.8. The molecule has 4 rings (SSSR count). The monoisotopic (exact) mass is 423 g/mol. The van der Waals surface area contributed by atoms with Gasteiger partial charge in [0.25, 0.3) is 0 Å². The van der Waals surface area contributed by atoms with Crippen LogP contribution in [-0.2, 0) is 4.74 Å². The minimum absolute atomic E-state index is 0.102. The quantitative estimate of drug-likeness (QED) is 0.641. The van der Waals surface area contributed by atoms with E-state index in [1.807, 2.05) is 31.2 Å². The normalized spacial score (nSPS) is 24.7. The van der Waals surface area contributed by atoms with Gasteiger partial charge in [0.1, 0.15) is 6.07 Å². The first-order valence-corrected chi connectivity index (χ1v) is 9.99. The molecule has 2 aliphatic heterocycles. The predicted molar refractivity (Wildman–Crippen MR) is 112 cm³/mol. The maximum absolute atomic E-state index is 9.96. The topological polar surface area (TPSA) is 124 Å². The summed E-state index contributed by atoms with van der Waals surface area (Å²) in [5.41, 5.74) is 14.8. The Morgan fingerprint density at radius 3 is 2.39 bits per heavy atom. The SMILES string of the molecule is CCOc1c(OC)cc(C2C(C#N)=C(N)OC3NNC(c4ccncc4)C32)cc1OC. The second-order valence-corrected chi connectivity index (χ2v) is 7.22. The summed E-state index contributed by atoms with van der Waals surface area (Å²) >= 11 is 0. The Morgan fingerprint density at radius 1 is 1.13 bits per heavy atom. The van der Waals surface area contributed by atoms with Crippen molar-refractivity contribution in [3.63, 3.8) is 0 Å². The number of nitrogens with zero attached hydrogens (tertiary/aromatic N) is 2. The van der Waals surface area contributed by atoms with E-state index in [9.17, 15) is 5.26 Å². The molecule has 0 bridgehead atoms. The van der Waals surface area contributed by atoms with Crippen molar-refractivity contribution >= 4 is 0 Å². The second-order valence-electron chi connectivity index (χ2n) is 7.22. The van der Waals surface area contributed by atoms with Gasteiger partial charge in [0.2, 0.25) is 11.6 Å². The number of nitrogens with two attached hydrogens (primary N) is 1. The van der Waals surface area contributed by atoms with E-state index in [0.29, 0.717) is 29.4 Å². The van der Waals surface area contributed by atoms with Crippen LogP contribution in [0.2, 0.25) is 0 Å². The van der Waals surface area contributed by atoms with Crippen molar-refractivity contribution in [3.8, 4) is 23.3 Å². The number of hydrogen-bond donors (Lipinski definition) is 3. The van der Waals surface area contributed by atoms with Gasteiger partial charge in [-0.05, 0) is 42.3 Å². The maximum Gasteiger partial charge on any atom is 0.203 e. The molecule has 0 radical (unpaired) electrons. The van der Waals surface area contributed by atoms with Crippen LogP contribution in [0.25, 0.3) is 0 Å². The number of benzene rings is 1. The lowest BCUT2D eigenvalue weighted by Crippen LogP contribution is -2.41. The molecule has 9 nitrogen and oxygen atoms in total. The largest absolute Gasteiger partial charge is 0.493 e. The molecule has 0 amide bonds. The van der Waals surface area contributed by atoms with E-state index in [2.05, 4.69) is 21.9 Å². The van der Waals surface area contributed by atoms with Crippen LogP contribution < -0.4 is 30.8 Å². The van der Waals surface area contributed by atoms with Crippen LogP contribution in [0.5, 0.6) is 17.2 Å². The number of ether oxygens (including phenoxy) is 4. The number of rotatable bonds is 6. The molecular formula is C22H25N5O4. The third-order valence-corrected chi connectivity index (χ3v) is 5.65. The first-order chi connectivity index (χ1) is 15.1. The standard InChI is InChI=1S/C22H25N5O4/c1-4-30-20-15(28-2)9-13(10-16(20)29-3)17-14(11-23)21(24)31-22-18(17)19(26-27-22)12-5-7-25-8-6-12/h5-10,17-19,22,26-27H,4,24H2,1-3H3. The number of nitrogens with one attached hydrogen (secondary N) is 2. The molecule has 0 saturated carbocycles. The molecule has 1 saturated heterocycles. The molecule has 4 unspecified atom stereocenters. The number of allylic oxidation sites excluding steroid dienone is 1. The number of pyridine rings is 1. The number of fused-ring (bicyclic) bond motifs is 1. The van der Waals surface area contributed by atoms with Crippen LogP contribution >= 0.6 is 0 Å². The van der Waals surface area contributed by atoms with Crippen molar-refractivity contribution in [1.29, 1.82) is 5.26 Å². The molecule has 0 spiro atoms. The van der Waals surface area contributed by atoms with E-state index in [1.165, 1.54) is 0 Å². The fraction of sp³-hybridized carbons (Fsp3) is 0.364. The Hall–Kier alpha value is -3.48. The van der Waals surface area contributed by atoms with E-state index in [-0.39, 0.29) is 23.8 Å². The highest BCUT2D eigenvalue weighted by atomic mass is 16.5. The zero-order valence-electron chi connectivity index (χ0n) is 17.6. The summed E-state index contributed by atoms with van der Waals surface area (Å²) < 4.78 is 22.8. The number of hydrazine groups is 1. The van der Waals surface area contributed by atoms with E-state index in [0.717, 1.165) is 11.1 Å². The fourth-order valence-corrected chi connectivity index (χ4v) is 4.32. The van der Waals surface area contributed by atoms with E-state index < -0.39 is 6.23 Å². The minimum atomic E-state index is -0.427. The lowest BCUT2D eigenvalue weighted by Gasteiger charge is -2.36. The van der Waals surface area contributed by atoms with Crippen molar-refractivity contribution in [2.24, 2.45) is 11.7 Å². The zero-order chi connectivity index (χ0) is 22.0. The summed E-state index contributed by atoms with van der Waals surface area (Å²) in [6, 6.07) is 9.72. The zero-order valence-corrected chi connectivity index (χ0v) is 17.6. The molecule has 0 aliphatic carbocycles. The lowest BCUT2D eigenvalue weighted by molar-refractivity contribution is 0.0340. The molecule has 1 aromatic heterocycles. The Bertz CT molecular complexity index is 995. The van der Waals surface area contributed by atoms with Crippen LogP contribution in [0.4, 0.5) is 0 Å². The summed E-state index contributed by atoms with van der Waals surface area (Å²) in [6.07, 6.45) is 3.05. The molecule has 9 heteroatoms. The highest BCUT2D eigenvalue weighted by molar-refractivity contribution is 5.57. The number of methoxy groups -OCH3 is 2. The average Bonchev–Trinajstić information content (AvgIpc) is 3.22. The van der Waals surface area contributed by atoms with Gasteiger partial charge in [-0.2, -0.15) is 5.26 Å². The van der Waals surface area contributed by atoms with E-state index in [4.69, 9.17) is 24.7 Å². The Balaban J connectivity index is 1.87. The van der Waals surface area contributed by atoms with Gasteiger partial charge in [0, 0.05) is 24.2 Å². The Kier molecular flexibility index (Phi) is 5.84. The molecular weight excluding hydrogens is 398 g/mol. The molecule has 1 aromatic carbocycles. The van der Waals surface area contributed by atoms with E-state index >= 15 is 0 Å². The molecule has 3 heterocycles. The van der Waals surface area contributed by atoms with E-state index in [1.54, 1.807) is 26.6 Å². The second kappa shape index (κ2) is 8.71. The fourth-order valence-electron chi connectivity index (χ4n) is 4.32. The van der Waals surface area contributed by atoms with Crippen molar-refractivity contribution < 1.29 is 18.9 Å². The Morgan fingerprint density at radius 2 is 1.81 bits per heavy atom. The van der Waals surface area contributed by atoms with Gasteiger partial charge in [-0.15, -0.1) is 0 Å². The van der Waals surface area contributed by atoms with Gasteiger partial charge in [-0.25, -0.2) is 10.9 Å². The molecule has 162 valence electrons. The van der Waals surface area contributed by atoms with Gasteiger partial charge in [0.15, 0.2) is 17.7 Å². The Labute approximate surface area is 180 Å². The molecule has 2 aliphatic rings. The van der Waals surface area contributed by atoms with Crippen LogP contribution in [0, 0.1) is 17.2 Å². The highest BCUT2D eigenvalue weighted by Crippen LogP contribution is 2.50. The van der Waals surface area contributed by atoms with Crippen LogP contribution in [0.15, 0.2) is 48.1 Å². The summed E-state index contributed by atoms with van der Waals surface area (Å²) in [4.78, 5) is 4.11. The van der Waals surface area contributed by atoms with Gasteiger partial charge < -0.3 is 24.7 Å². The molecule has 31 heavy (non-hydrogen) atoms. The van der Waals surface area contributed by atoms with Crippen LogP contribution in [-0.4, -0.2) is 32.0 Å². The van der Waals surface area contributed by atoms with Crippen LogP contribution in [0.3, 0.4) is 0 Å². The summed E-state index contributed by atoms with van der Waals surface area (Å²) in [6.45, 7) is 2.35. The van der Waals surface area contributed by atoms with Crippen molar-refractivity contribution in [2.45, 2.75) is 25.1 Å². The minimum Gasteiger partial charge on any atom is -0.493 e. The van der Waals surface area contributed by atoms with Crippen LogP contribution in [0.1, 0.15) is 30.0 Å². The summed E-state index contributed by atoms with van der Waals surface area (Å²) in [7, 11) is 3.14. The van der Waals surface area contributed by atoms with Crippen molar-refractivity contribution in [3.05, 3.63) is 59.2 Å². The average molecular weight is 423 g/mol. The van der Waals surface area contributed by atoms with Gasteiger partial charge >= 0.3 is 0 Å². The number of nitriles is 1. The maximum atomic E-state index is 9.96. The predicted octanol–water partition coefficient (Wildman–Crippen LogP) is 2.10. The third-order valence-electron chi connectivity index (χ3n) is 5.65. The van der Waals surface area contributed by atoms with Crippen molar-refractivity contribution in [2.75, 3.05) is 20.8 Å². The smallest absolute Gasteiger partial charge is 0.203 e. The summed E-state index contributed by atoms with van der Waals surface area (Å²) in [5, 5.41) is 9.96. The van der Waals surface area contributed by atoms with Gasteiger partial charge in [-0.1, -0.05) is 0 Å². The van der Waals surface area contributed by atoms with Crippen molar-refractivity contribution in [1.82, 2.24) is 15.8 Å². The van der Waals surface area contributed by atoms with Gasteiger partial charge in [0.05, 0.1) is 32.4 Å². The lowest BCUT2D eigenvalue weighted by atomic mass is 9.74. The molecule has 1 fully saturated rings. The number of hydrogen-bond acceptors (Lipinski definition) is 9. The van der Waals surface area contributed by atoms with Gasteiger partial charge in [-0.3, -0.25) is 4.98 Å². The molecule has 2 aromatic rings.